The number of urea groups is 1. The lowest BCUT2D eigenvalue weighted by Crippen LogP contribution is -2.38. The molecule has 0 aromatic heterocycles. The Morgan fingerprint density at radius 2 is 2.12 bits per heavy atom. The third kappa shape index (κ3) is 4.03. The lowest BCUT2D eigenvalue weighted by atomic mass is 10.2. The zero-order chi connectivity index (χ0) is 13.0. The fraction of sp³-hybridized carbons (Fsp3) is 0.200. The fourth-order valence-electron chi connectivity index (χ4n) is 1.19. The van der Waals surface area contributed by atoms with Crippen LogP contribution in [0, 0.1) is 12.7 Å². The smallest absolute Gasteiger partial charge is 0.318 e. The predicted octanol–water partition coefficient (Wildman–Crippen LogP) is 1.50. The Morgan fingerprint density at radius 3 is 2.71 bits per heavy atom. The first kappa shape index (κ1) is 13.4. The molecule has 0 fully saturated rings. The van der Waals surface area contributed by atoms with Crippen LogP contribution < -0.4 is 16.4 Å². The normalized spacial score (nSPS) is 9.82. The average Bonchev–Trinajstić information content (AvgIpc) is 2.20. The Balaban J connectivity index is 2.66. The topological polar surface area (TPSA) is 84.2 Å². The molecule has 5 nitrogen and oxygen atoms in total. The summed E-state index contributed by atoms with van der Waals surface area (Å²) in [5.74, 6) is -1.02. The van der Waals surface area contributed by atoms with Gasteiger partial charge in [-0.1, -0.05) is 0 Å². The van der Waals surface area contributed by atoms with Crippen molar-refractivity contribution in [3.8, 4) is 0 Å². The molecule has 0 aliphatic heterocycles. The molecule has 0 atom stereocenters. The summed E-state index contributed by atoms with van der Waals surface area (Å²) in [6.07, 6.45) is 0. The van der Waals surface area contributed by atoms with E-state index in [0.717, 1.165) is 5.56 Å². The highest BCUT2D eigenvalue weighted by molar-refractivity contribution is 9.10. The number of halogens is 2. The van der Waals surface area contributed by atoms with Gasteiger partial charge in [0.05, 0.1) is 11.0 Å². The quantitative estimate of drug-likeness (QED) is 0.791. The highest BCUT2D eigenvalue weighted by Gasteiger charge is 2.07. The molecule has 0 saturated heterocycles. The summed E-state index contributed by atoms with van der Waals surface area (Å²) in [5, 5.41) is 4.60. The maximum absolute atomic E-state index is 13.2. The highest BCUT2D eigenvalue weighted by Crippen LogP contribution is 2.23. The lowest BCUT2D eigenvalue weighted by Gasteiger charge is -2.09. The van der Waals surface area contributed by atoms with Gasteiger partial charge in [-0.15, -0.1) is 0 Å². The SMILES string of the molecule is Cc1cc(Br)c(F)cc1NCC(=O)NC(N)=O. The van der Waals surface area contributed by atoms with Gasteiger partial charge in [0.25, 0.3) is 0 Å². The van der Waals surface area contributed by atoms with Crippen LogP contribution in [0.4, 0.5) is 14.9 Å². The first-order chi connectivity index (χ1) is 7.90. The van der Waals surface area contributed by atoms with Crippen LogP contribution in [0.15, 0.2) is 16.6 Å². The maximum atomic E-state index is 13.2. The Bertz CT molecular complexity index is 465. The van der Waals surface area contributed by atoms with Crippen molar-refractivity contribution in [1.29, 1.82) is 0 Å². The van der Waals surface area contributed by atoms with Crippen molar-refractivity contribution >= 4 is 33.6 Å². The van der Waals surface area contributed by atoms with E-state index in [1.807, 2.05) is 5.32 Å². The van der Waals surface area contributed by atoms with E-state index in [4.69, 9.17) is 5.73 Å². The second-order valence-electron chi connectivity index (χ2n) is 3.35. The number of anilines is 1. The van der Waals surface area contributed by atoms with E-state index in [9.17, 15) is 14.0 Å². The molecule has 0 radical (unpaired) electrons. The number of carbonyl (C=O) groups is 2. The molecule has 0 aliphatic rings. The van der Waals surface area contributed by atoms with Crippen LogP contribution in [0.5, 0.6) is 0 Å². The van der Waals surface area contributed by atoms with Gasteiger partial charge in [-0.2, -0.15) is 0 Å². The van der Waals surface area contributed by atoms with Gasteiger partial charge in [0.15, 0.2) is 0 Å². The number of hydrogen-bond donors (Lipinski definition) is 3. The van der Waals surface area contributed by atoms with Crippen LogP contribution in [0.1, 0.15) is 5.56 Å². The molecule has 0 spiro atoms. The third-order valence-corrected chi connectivity index (χ3v) is 2.58. The van der Waals surface area contributed by atoms with E-state index in [0.29, 0.717) is 10.2 Å². The van der Waals surface area contributed by atoms with E-state index < -0.39 is 17.8 Å². The summed E-state index contributed by atoms with van der Waals surface area (Å²) in [4.78, 5) is 21.5. The summed E-state index contributed by atoms with van der Waals surface area (Å²) >= 11 is 3.05. The molecule has 0 heterocycles. The third-order valence-electron chi connectivity index (χ3n) is 1.97. The van der Waals surface area contributed by atoms with Gasteiger partial charge in [0.1, 0.15) is 5.82 Å². The molecular weight excluding hydrogens is 293 g/mol. The number of hydrogen-bond acceptors (Lipinski definition) is 3. The van der Waals surface area contributed by atoms with Crippen LogP contribution >= 0.6 is 15.9 Å². The zero-order valence-electron chi connectivity index (χ0n) is 9.01. The van der Waals surface area contributed by atoms with Gasteiger partial charge in [-0.05, 0) is 40.5 Å². The summed E-state index contributed by atoms with van der Waals surface area (Å²) in [6.45, 7) is 1.60. The monoisotopic (exact) mass is 303 g/mol. The Labute approximate surface area is 106 Å². The van der Waals surface area contributed by atoms with Crippen LogP contribution in [0.25, 0.3) is 0 Å². The number of aryl methyl sites for hydroxylation is 1. The number of rotatable bonds is 3. The van der Waals surface area contributed by atoms with Crippen LogP contribution in [0.2, 0.25) is 0 Å². The molecule has 0 bridgehead atoms. The summed E-state index contributed by atoms with van der Waals surface area (Å²) in [5.41, 5.74) is 6.02. The summed E-state index contributed by atoms with van der Waals surface area (Å²) < 4.78 is 13.6. The predicted molar refractivity (Wildman–Crippen MR) is 65.1 cm³/mol. The molecule has 0 aliphatic carbocycles. The van der Waals surface area contributed by atoms with E-state index in [1.54, 1.807) is 13.0 Å². The van der Waals surface area contributed by atoms with Gasteiger partial charge in [-0.25, -0.2) is 9.18 Å². The van der Waals surface area contributed by atoms with Gasteiger partial charge in [0, 0.05) is 5.69 Å². The molecule has 0 saturated carbocycles. The number of nitrogens with two attached hydrogens (primary N) is 1. The number of nitrogens with one attached hydrogen (secondary N) is 2. The van der Waals surface area contributed by atoms with E-state index in [-0.39, 0.29) is 6.54 Å². The maximum Gasteiger partial charge on any atom is 0.318 e. The average molecular weight is 304 g/mol. The molecule has 1 rings (SSSR count). The number of primary amides is 1. The minimum atomic E-state index is -0.921. The number of benzene rings is 1. The van der Waals surface area contributed by atoms with Gasteiger partial charge in [-0.3, -0.25) is 10.1 Å². The minimum absolute atomic E-state index is 0.162. The van der Waals surface area contributed by atoms with E-state index >= 15 is 0 Å². The minimum Gasteiger partial charge on any atom is -0.376 e. The highest BCUT2D eigenvalue weighted by atomic mass is 79.9. The second kappa shape index (κ2) is 5.62. The lowest BCUT2D eigenvalue weighted by molar-refractivity contribution is -0.118. The van der Waals surface area contributed by atoms with Crippen molar-refractivity contribution < 1.29 is 14.0 Å². The standard InChI is InChI=1S/C10H11BrFN3O2/c1-5-2-6(11)7(12)3-8(5)14-4-9(16)15-10(13)17/h2-3,14H,4H2,1H3,(H3,13,15,16,17). The summed E-state index contributed by atoms with van der Waals surface area (Å²) in [7, 11) is 0. The first-order valence-corrected chi connectivity index (χ1v) is 5.48. The number of imide groups is 1. The zero-order valence-corrected chi connectivity index (χ0v) is 10.6. The Morgan fingerprint density at radius 1 is 1.47 bits per heavy atom. The van der Waals surface area contributed by atoms with Crippen molar-refractivity contribution in [3.05, 3.63) is 28.0 Å². The van der Waals surface area contributed by atoms with Crippen LogP contribution in [-0.2, 0) is 4.79 Å². The van der Waals surface area contributed by atoms with E-state index in [1.165, 1.54) is 6.07 Å². The van der Waals surface area contributed by atoms with E-state index in [2.05, 4.69) is 21.2 Å². The Hall–Kier alpha value is -1.63. The van der Waals surface area contributed by atoms with Crippen molar-refractivity contribution in [1.82, 2.24) is 5.32 Å². The van der Waals surface area contributed by atoms with Gasteiger partial charge in [0.2, 0.25) is 5.91 Å². The van der Waals surface area contributed by atoms with Crippen LogP contribution in [-0.4, -0.2) is 18.5 Å². The van der Waals surface area contributed by atoms with Gasteiger partial charge >= 0.3 is 6.03 Å². The Kier molecular flexibility index (Phi) is 4.45. The molecule has 7 heteroatoms. The molecule has 0 unspecified atom stereocenters. The molecule has 1 aromatic carbocycles. The second-order valence-corrected chi connectivity index (χ2v) is 4.20. The largest absolute Gasteiger partial charge is 0.376 e. The first-order valence-electron chi connectivity index (χ1n) is 4.69. The van der Waals surface area contributed by atoms with Gasteiger partial charge < -0.3 is 11.1 Å². The molecule has 4 N–H and O–H groups in total. The molecule has 92 valence electrons. The molecule has 3 amide bonds. The van der Waals surface area contributed by atoms with Crippen molar-refractivity contribution in [2.45, 2.75) is 6.92 Å². The number of amides is 3. The fourth-order valence-corrected chi connectivity index (χ4v) is 1.65. The van der Waals surface area contributed by atoms with Crippen molar-refractivity contribution in [2.75, 3.05) is 11.9 Å². The van der Waals surface area contributed by atoms with Crippen LogP contribution in [0.3, 0.4) is 0 Å². The molecule has 17 heavy (non-hydrogen) atoms. The number of carbonyl (C=O) groups excluding carboxylic acids is 2. The molecular formula is C10H11BrFN3O2. The molecule has 1 aromatic rings. The summed E-state index contributed by atoms with van der Waals surface area (Å²) in [6, 6.07) is 1.93. The van der Waals surface area contributed by atoms with Crippen molar-refractivity contribution in [3.63, 3.8) is 0 Å². The van der Waals surface area contributed by atoms with Crippen molar-refractivity contribution in [2.24, 2.45) is 5.73 Å².